The van der Waals surface area contributed by atoms with Crippen molar-refractivity contribution in [1.29, 1.82) is 0 Å². The van der Waals surface area contributed by atoms with Gasteiger partial charge in [0, 0.05) is 11.8 Å². The Hall–Kier alpha value is -1.52. The minimum absolute atomic E-state index is 0.372. The Kier molecular flexibility index (Phi) is 4.61. The number of anilines is 1. The van der Waals surface area contributed by atoms with E-state index in [0.29, 0.717) is 16.1 Å². The highest BCUT2D eigenvalue weighted by molar-refractivity contribution is 7.99. The second kappa shape index (κ2) is 6.42. The molecule has 5 heteroatoms. The molecule has 0 fully saturated rings. The molecule has 0 bridgehead atoms. The van der Waals surface area contributed by atoms with Gasteiger partial charge in [0.05, 0.1) is 0 Å². The van der Waals surface area contributed by atoms with Gasteiger partial charge in [-0.15, -0.1) is 0 Å². The summed E-state index contributed by atoms with van der Waals surface area (Å²) in [5.74, 6) is 1.17. The fourth-order valence-corrected chi connectivity index (χ4v) is 2.27. The van der Waals surface area contributed by atoms with Crippen LogP contribution in [-0.2, 0) is 0 Å². The number of nitrogens with two attached hydrogens (primary N) is 1. The molecule has 1 aromatic carbocycles. The fraction of sp³-hybridized carbons (Fsp3) is 0.0769. The Morgan fingerprint density at radius 1 is 1.22 bits per heavy atom. The van der Waals surface area contributed by atoms with Crippen molar-refractivity contribution in [3.63, 3.8) is 0 Å². The number of benzene rings is 1. The summed E-state index contributed by atoms with van der Waals surface area (Å²) < 4.78 is 0. The van der Waals surface area contributed by atoms with E-state index in [1.807, 2.05) is 18.2 Å². The van der Waals surface area contributed by atoms with Crippen LogP contribution in [-0.4, -0.2) is 15.7 Å². The molecule has 2 rings (SSSR count). The summed E-state index contributed by atoms with van der Waals surface area (Å²) in [6, 6.07) is 11.6. The van der Waals surface area contributed by atoms with Crippen LogP contribution >= 0.6 is 23.4 Å². The summed E-state index contributed by atoms with van der Waals surface area (Å²) in [5, 5.41) is 0.967. The quantitative estimate of drug-likeness (QED) is 0.528. The molecule has 0 radical (unpaired) electrons. The van der Waals surface area contributed by atoms with Crippen LogP contribution in [0.5, 0.6) is 0 Å². The normalized spacial score (nSPS) is 10.9. The van der Waals surface area contributed by atoms with Crippen LogP contribution in [0.15, 0.2) is 47.6 Å². The molecular weight excluding hydrogens is 266 g/mol. The Morgan fingerprint density at radius 2 is 2.00 bits per heavy atom. The predicted octanol–water partition coefficient (Wildman–Crippen LogP) is 3.52. The molecule has 3 nitrogen and oxygen atoms in total. The topological polar surface area (TPSA) is 51.8 Å². The summed E-state index contributed by atoms with van der Waals surface area (Å²) in [7, 11) is 0. The number of halogens is 1. The SMILES string of the molecule is Nc1cc(Cl)nc(SC/C=C/c2ccccc2)n1. The molecule has 18 heavy (non-hydrogen) atoms. The summed E-state index contributed by atoms with van der Waals surface area (Å²) in [5.41, 5.74) is 6.76. The average Bonchev–Trinajstić information content (AvgIpc) is 2.35. The first kappa shape index (κ1) is 12.9. The van der Waals surface area contributed by atoms with Crippen molar-refractivity contribution in [3.8, 4) is 0 Å². The highest BCUT2D eigenvalue weighted by atomic mass is 35.5. The van der Waals surface area contributed by atoms with Crippen LogP contribution in [0.3, 0.4) is 0 Å². The molecule has 0 atom stereocenters. The van der Waals surface area contributed by atoms with Crippen molar-refractivity contribution in [2.24, 2.45) is 0 Å². The lowest BCUT2D eigenvalue weighted by molar-refractivity contribution is 0.978. The third kappa shape index (κ3) is 4.05. The van der Waals surface area contributed by atoms with Gasteiger partial charge in [0.15, 0.2) is 5.16 Å². The zero-order valence-electron chi connectivity index (χ0n) is 9.58. The van der Waals surface area contributed by atoms with Crippen molar-refractivity contribution in [3.05, 3.63) is 53.2 Å². The molecule has 1 heterocycles. The van der Waals surface area contributed by atoms with Crippen molar-refractivity contribution < 1.29 is 0 Å². The van der Waals surface area contributed by atoms with Crippen LogP contribution in [0, 0.1) is 0 Å². The van der Waals surface area contributed by atoms with Gasteiger partial charge in [-0.1, -0.05) is 65.8 Å². The highest BCUT2D eigenvalue weighted by Crippen LogP contribution is 2.18. The molecule has 0 amide bonds. The van der Waals surface area contributed by atoms with Crippen LogP contribution in [0.4, 0.5) is 5.82 Å². The smallest absolute Gasteiger partial charge is 0.191 e. The van der Waals surface area contributed by atoms with Gasteiger partial charge in [-0.05, 0) is 5.56 Å². The standard InChI is InChI=1S/C13H12ClN3S/c14-11-9-12(15)17-13(16-11)18-8-4-7-10-5-2-1-3-6-10/h1-7,9H,8H2,(H2,15,16,17)/b7-4+. The van der Waals surface area contributed by atoms with Gasteiger partial charge in [0.1, 0.15) is 11.0 Å². The zero-order chi connectivity index (χ0) is 12.8. The van der Waals surface area contributed by atoms with Gasteiger partial charge in [0.25, 0.3) is 0 Å². The minimum atomic E-state index is 0.372. The Labute approximate surface area is 115 Å². The molecule has 2 aromatic rings. The molecule has 1 aromatic heterocycles. The first-order valence-corrected chi connectivity index (χ1v) is 6.75. The monoisotopic (exact) mass is 277 g/mol. The molecule has 0 saturated heterocycles. The second-order valence-corrected chi connectivity index (χ2v) is 4.90. The minimum Gasteiger partial charge on any atom is -0.384 e. The van der Waals surface area contributed by atoms with E-state index in [0.717, 1.165) is 5.75 Å². The second-order valence-electron chi connectivity index (χ2n) is 3.52. The molecule has 0 aliphatic carbocycles. The number of aromatic nitrogens is 2. The lowest BCUT2D eigenvalue weighted by Gasteiger charge is -1.99. The van der Waals surface area contributed by atoms with Crippen LogP contribution in [0.2, 0.25) is 5.15 Å². The maximum atomic E-state index is 5.80. The number of nitrogen functional groups attached to an aromatic ring is 1. The molecule has 0 unspecified atom stereocenters. The number of nitrogens with zero attached hydrogens (tertiary/aromatic N) is 2. The molecule has 0 aliphatic rings. The Bertz CT molecular complexity index is 523. The van der Waals surface area contributed by atoms with E-state index in [1.165, 1.54) is 23.4 Å². The van der Waals surface area contributed by atoms with Crippen molar-refractivity contribution in [1.82, 2.24) is 9.97 Å². The van der Waals surface area contributed by atoms with E-state index < -0.39 is 0 Å². The molecule has 0 aliphatic heterocycles. The highest BCUT2D eigenvalue weighted by Gasteiger charge is 2.00. The molecular formula is C13H12ClN3S. The van der Waals surface area contributed by atoms with Gasteiger partial charge in [-0.25, -0.2) is 9.97 Å². The van der Waals surface area contributed by atoms with E-state index in [1.54, 1.807) is 0 Å². The van der Waals surface area contributed by atoms with Crippen LogP contribution in [0.1, 0.15) is 5.56 Å². The molecule has 2 N–H and O–H groups in total. The number of hydrogen-bond acceptors (Lipinski definition) is 4. The van der Waals surface area contributed by atoms with Gasteiger partial charge < -0.3 is 5.73 Å². The van der Waals surface area contributed by atoms with Gasteiger partial charge in [-0.2, -0.15) is 0 Å². The number of hydrogen-bond donors (Lipinski definition) is 1. The van der Waals surface area contributed by atoms with E-state index >= 15 is 0 Å². The maximum Gasteiger partial charge on any atom is 0.191 e. The van der Waals surface area contributed by atoms with Crippen molar-refractivity contribution in [2.45, 2.75) is 5.16 Å². The molecule has 0 spiro atoms. The van der Waals surface area contributed by atoms with Gasteiger partial charge in [-0.3, -0.25) is 0 Å². The Morgan fingerprint density at radius 3 is 2.72 bits per heavy atom. The van der Waals surface area contributed by atoms with Crippen molar-refractivity contribution in [2.75, 3.05) is 11.5 Å². The molecule has 0 saturated carbocycles. The van der Waals surface area contributed by atoms with Gasteiger partial charge in [0.2, 0.25) is 0 Å². The lowest BCUT2D eigenvalue weighted by Crippen LogP contribution is -1.94. The summed E-state index contributed by atoms with van der Waals surface area (Å²) in [4.78, 5) is 8.17. The lowest BCUT2D eigenvalue weighted by atomic mass is 10.2. The number of thioether (sulfide) groups is 1. The third-order valence-corrected chi connectivity index (χ3v) is 3.11. The fourth-order valence-electron chi connectivity index (χ4n) is 1.35. The maximum absolute atomic E-state index is 5.80. The average molecular weight is 278 g/mol. The first-order valence-electron chi connectivity index (χ1n) is 5.38. The van der Waals surface area contributed by atoms with Crippen LogP contribution < -0.4 is 5.73 Å². The summed E-state index contributed by atoms with van der Waals surface area (Å²) in [6.07, 6.45) is 4.11. The Balaban J connectivity index is 1.90. The largest absolute Gasteiger partial charge is 0.384 e. The summed E-state index contributed by atoms with van der Waals surface area (Å²) in [6.45, 7) is 0. The van der Waals surface area contributed by atoms with Gasteiger partial charge >= 0.3 is 0 Å². The third-order valence-electron chi connectivity index (χ3n) is 2.11. The zero-order valence-corrected chi connectivity index (χ0v) is 11.2. The number of rotatable bonds is 4. The van der Waals surface area contributed by atoms with E-state index in [2.05, 4.69) is 34.3 Å². The van der Waals surface area contributed by atoms with E-state index in [4.69, 9.17) is 17.3 Å². The first-order chi connectivity index (χ1) is 8.74. The van der Waals surface area contributed by atoms with Crippen LogP contribution in [0.25, 0.3) is 6.08 Å². The molecule has 92 valence electrons. The van der Waals surface area contributed by atoms with E-state index in [-0.39, 0.29) is 0 Å². The summed E-state index contributed by atoms with van der Waals surface area (Å²) >= 11 is 7.29. The van der Waals surface area contributed by atoms with E-state index in [9.17, 15) is 0 Å². The predicted molar refractivity (Wildman–Crippen MR) is 77.7 cm³/mol. The van der Waals surface area contributed by atoms with Crippen molar-refractivity contribution >= 4 is 35.3 Å².